The van der Waals surface area contributed by atoms with Crippen molar-refractivity contribution in [2.45, 2.75) is 13.8 Å². The normalized spacial score (nSPS) is 14.2. The zero-order chi connectivity index (χ0) is 6.57. The van der Waals surface area contributed by atoms with E-state index in [2.05, 4.69) is 0 Å². The summed E-state index contributed by atoms with van der Waals surface area (Å²) in [4.78, 5) is 0. The average Bonchev–Trinajstić information content (AvgIpc) is 1.84. The van der Waals surface area contributed by atoms with Crippen LogP contribution >= 0.6 is 0 Å². The predicted molar refractivity (Wildman–Crippen MR) is 39.0 cm³/mol. The maximum atomic E-state index is 5.39. The summed E-state index contributed by atoms with van der Waals surface area (Å²) >= 11 is 0. The lowest BCUT2D eigenvalue weighted by Crippen LogP contribution is -1.85. The van der Waals surface area contributed by atoms with Crippen molar-refractivity contribution in [3.05, 3.63) is 23.1 Å². The molecule has 38 valence electrons. The van der Waals surface area contributed by atoms with Gasteiger partial charge in [-0.2, -0.15) is 0 Å². The van der Waals surface area contributed by atoms with E-state index in [1.807, 2.05) is 13.8 Å². The van der Waals surface area contributed by atoms with Gasteiger partial charge >= 0.3 is 0 Å². The lowest BCUT2D eigenvalue weighted by atomic mass is 9.77. The van der Waals surface area contributed by atoms with Crippen LogP contribution in [0.2, 0.25) is 0 Å². The van der Waals surface area contributed by atoms with Crippen LogP contribution in [0.1, 0.15) is 13.8 Å². The molecule has 8 heavy (non-hydrogen) atoms. The molecule has 0 aromatic heterocycles. The van der Waals surface area contributed by atoms with Gasteiger partial charge in [0.05, 0.1) is 0 Å². The van der Waals surface area contributed by atoms with Gasteiger partial charge in [0.2, 0.25) is 0 Å². The molecule has 0 fully saturated rings. The molecule has 0 nitrogen and oxygen atoms in total. The fourth-order valence-corrected chi connectivity index (χ4v) is 0.333. The first-order valence-electron chi connectivity index (χ1n) is 2.56. The van der Waals surface area contributed by atoms with E-state index in [4.69, 9.17) is 15.7 Å². The molecule has 0 spiro atoms. The van der Waals surface area contributed by atoms with Crippen LogP contribution in [0.3, 0.4) is 0 Å². The Morgan fingerprint density at radius 1 is 1.00 bits per heavy atom. The molecule has 0 aromatic carbocycles. The number of hydrogen-bond donors (Lipinski definition) is 0. The van der Waals surface area contributed by atoms with Gasteiger partial charge in [0.15, 0.2) is 0 Å². The standard InChI is InChI=1S/C6H8B2/c1-3-5(7)6(8)4-2/h3-4H,1-2H3/b5-3+,6-4+. The molecule has 0 saturated heterocycles. The zero-order valence-electron chi connectivity index (χ0n) is 5.31. The van der Waals surface area contributed by atoms with Crippen LogP contribution in [0.5, 0.6) is 0 Å². The Labute approximate surface area is 53.5 Å². The van der Waals surface area contributed by atoms with Crippen molar-refractivity contribution in [3.8, 4) is 0 Å². The number of hydrogen-bond acceptors (Lipinski definition) is 0. The molecule has 0 aliphatic heterocycles. The smallest absolute Gasteiger partial charge is 0.108 e. The molecule has 0 rings (SSSR count). The minimum absolute atomic E-state index is 0.646. The Morgan fingerprint density at radius 3 is 1.38 bits per heavy atom. The van der Waals surface area contributed by atoms with Crippen LogP contribution in [0, 0.1) is 0 Å². The van der Waals surface area contributed by atoms with Crippen LogP contribution < -0.4 is 0 Å². The maximum absolute atomic E-state index is 5.39. The van der Waals surface area contributed by atoms with Crippen LogP contribution in [0.25, 0.3) is 0 Å². The van der Waals surface area contributed by atoms with E-state index >= 15 is 0 Å². The van der Waals surface area contributed by atoms with Crippen molar-refractivity contribution in [1.82, 2.24) is 0 Å². The van der Waals surface area contributed by atoms with Crippen LogP contribution in [-0.4, -0.2) is 15.7 Å². The van der Waals surface area contributed by atoms with Crippen LogP contribution in [0.15, 0.2) is 23.1 Å². The minimum Gasteiger partial charge on any atom is -0.108 e. The number of rotatable bonds is 1. The fraction of sp³-hybridized carbons (Fsp3) is 0.333. The van der Waals surface area contributed by atoms with Crippen molar-refractivity contribution < 1.29 is 0 Å². The molecule has 0 aliphatic carbocycles. The van der Waals surface area contributed by atoms with Crippen molar-refractivity contribution >= 4 is 15.7 Å². The first kappa shape index (κ1) is 7.61. The molecule has 4 radical (unpaired) electrons. The summed E-state index contributed by atoms with van der Waals surface area (Å²) in [5.74, 6) is 0. The molecule has 0 unspecified atom stereocenters. The molecule has 0 bridgehead atoms. The van der Waals surface area contributed by atoms with E-state index in [0.29, 0.717) is 10.9 Å². The topological polar surface area (TPSA) is 0 Å². The summed E-state index contributed by atoms with van der Waals surface area (Å²) in [6.45, 7) is 3.71. The third-order valence-corrected chi connectivity index (χ3v) is 0.955. The van der Waals surface area contributed by atoms with E-state index in [1.165, 1.54) is 0 Å². The van der Waals surface area contributed by atoms with E-state index in [9.17, 15) is 0 Å². The third-order valence-electron chi connectivity index (χ3n) is 0.955. The second-order valence-corrected chi connectivity index (χ2v) is 1.49. The van der Waals surface area contributed by atoms with Gasteiger partial charge in [-0.25, -0.2) is 0 Å². The molecule has 0 heterocycles. The first-order valence-corrected chi connectivity index (χ1v) is 2.56. The highest BCUT2D eigenvalue weighted by atomic mass is 13.8. The van der Waals surface area contributed by atoms with Gasteiger partial charge in [-0.15, -0.1) is 10.9 Å². The maximum Gasteiger partial charge on any atom is 0.112 e. The first-order chi connectivity index (χ1) is 3.72. The van der Waals surface area contributed by atoms with Gasteiger partial charge in [0.25, 0.3) is 0 Å². The second kappa shape index (κ2) is 3.59. The van der Waals surface area contributed by atoms with Crippen LogP contribution in [-0.2, 0) is 0 Å². The van der Waals surface area contributed by atoms with Crippen molar-refractivity contribution in [3.63, 3.8) is 0 Å². The lowest BCUT2D eigenvalue weighted by molar-refractivity contribution is 1.62. The highest BCUT2D eigenvalue weighted by Gasteiger charge is 1.84. The quantitative estimate of drug-likeness (QED) is 0.343. The van der Waals surface area contributed by atoms with Gasteiger partial charge in [-0.05, 0) is 13.8 Å². The van der Waals surface area contributed by atoms with Crippen molar-refractivity contribution in [2.75, 3.05) is 0 Å². The van der Waals surface area contributed by atoms with Gasteiger partial charge in [-0.1, -0.05) is 12.2 Å². The molecule has 0 aliphatic rings. The Kier molecular flexibility index (Phi) is 3.42. The van der Waals surface area contributed by atoms with Crippen LogP contribution in [0.4, 0.5) is 0 Å². The highest BCUT2D eigenvalue weighted by Crippen LogP contribution is 1.98. The van der Waals surface area contributed by atoms with Gasteiger partial charge < -0.3 is 0 Å². The Balaban J connectivity index is 4.04. The summed E-state index contributed by atoms with van der Waals surface area (Å²) in [6, 6.07) is 0. The summed E-state index contributed by atoms with van der Waals surface area (Å²) in [6.07, 6.45) is 3.55. The molecule has 0 amide bonds. The molecule has 0 aromatic rings. The monoisotopic (exact) mass is 102 g/mol. The van der Waals surface area contributed by atoms with Gasteiger partial charge in [-0.3, -0.25) is 0 Å². The van der Waals surface area contributed by atoms with E-state index < -0.39 is 0 Å². The predicted octanol–water partition coefficient (Wildman–Crippen LogP) is 1.13. The molecule has 0 atom stereocenters. The van der Waals surface area contributed by atoms with E-state index in [0.717, 1.165) is 0 Å². The van der Waals surface area contributed by atoms with Gasteiger partial charge in [0, 0.05) is 0 Å². The van der Waals surface area contributed by atoms with Crippen molar-refractivity contribution in [2.24, 2.45) is 0 Å². The van der Waals surface area contributed by atoms with E-state index in [1.54, 1.807) is 12.2 Å². The largest absolute Gasteiger partial charge is 0.112 e. The second-order valence-electron chi connectivity index (χ2n) is 1.49. The van der Waals surface area contributed by atoms with E-state index in [-0.39, 0.29) is 0 Å². The summed E-state index contributed by atoms with van der Waals surface area (Å²) < 4.78 is 0. The SMILES string of the molecule is [B]C(=C/C)/C([B])=C\C. The summed E-state index contributed by atoms with van der Waals surface area (Å²) in [5, 5.41) is 0. The summed E-state index contributed by atoms with van der Waals surface area (Å²) in [7, 11) is 10.8. The molecular formula is C6H8B2. The lowest BCUT2D eigenvalue weighted by Gasteiger charge is -1.96. The molecule has 2 heteroatoms. The summed E-state index contributed by atoms with van der Waals surface area (Å²) in [5.41, 5.74) is 1.29. The fourth-order valence-electron chi connectivity index (χ4n) is 0.333. The Morgan fingerprint density at radius 2 is 1.25 bits per heavy atom. The van der Waals surface area contributed by atoms with Crippen molar-refractivity contribution in [1.29, 1.82) is 0 Å². The Hall–Kier alpha value is -0.390. The minimum atomic E-state index is 0.646. The zero-order valence-corrected chi connectivity index (χ0v) is 5.31. The number of allylic oxidation sites excluding steroid dienone is 4. The average molecular weight is 102 g/mol. The molecular weight excluding hydrogens is 93.7 g/mol. The molecule has 0 N–H and O–H groups in total. The third kappa shape index (κ3) is 2.06. The molecule has 0 saturated carbocycles. The highest BCUT2D eigenvalue weighted by molar-refractivity contribution is 6.36. The Bertz CT molecular complexity index is 106. The van der Waals surface area contributed by atoms with Gasteiger partial charge in [0.1, 0.15) is 15.7 Å².